The van der Waals surface area contributed by atoms with Crippen LogP contribution in [0.2, 0.25) is 5.28 Å². The summed E-state index contributed by atoms with van der Waals surface area (Å²) in [6.45, 7) is 0. The molecule has 0 unspecified atom stereocenters. The predicted molar refractivity (Wildman–Crippen MR) is 84.5 cm³/mol. The third-order valence-electron chi connectivity index (χ3n) is 3.15. The van der Waals surface area contributed by atoms with Gasteiger partial charge in [0.05, 0.1) is 0 Å². The molecule has 5 nitrogen and oxygen atoms in total. The normalized spacial score (nSPS) is 10.5. The number of ether oxygens (including phenoxy) is 1. The van der Waals surface area contributed by atoms with Gasteiger partial charge in [-0.15, -0.1) is 0 Å². The van der Waals surface area contributed by atoms with Crippen molar-refractivity contribution in [2.45, 2.75) is 0 Å². The third kappa shape index (κ3) is 2.84. The molecule has 0 aliphatic carbocycles. The van der Waals surface area contributed by atoms with E-state index in [0.717, 1.165) is 10.8 Å². The van der Waals surface area contributed by atoms with Gasteiger partial charge in [0.1, 0.15) is 5.75 Å². The Hall–Kier alpha value is -2.66. The van der Waals surface area contributed by atoms with E-state index in [1.54, 1.807) is 25.2 Å². The predicted octanol–water partition coefficient (Wildman–Crippen LogP) is 3.44. The maximum Gasteiger partial charge on any atom is 0.251 e. The minimum absolute atomic E-state index is 0.123. The average Bonchev–Trinajstić information content (AvgIpc) is 2.53. The quantitative estimate of drug-likeness (QED) is 0.752. The number of fused-ring (bicyclic) bond motifs is 1. The second kappa shape index (κ2) is 5.99. The Bertz CT molecular complexity index is 852. The van der Waals surface area contributed by atoms with Crippen LogP contribution in [-0.2, 0) is 0 Å². The van der Waals surface area contributed by atoms with Gasteiger partial charge in [0.25, 0.3) is 5.91 Å². The smallest absolute Gasteiger partial charge is 0.251 e. The second-order valence-corrected chi connectivity index (χ2v) is 4.87. The monoisotopic (exact) mass is 313 g/mol. The highest BCUT2D eigenvalue weighted by molar-refractivity contribution is 6.28. The Balaban J connectivity index is 1.98. The Labute approximate surface area is 131 Å². The highest BCUT2D eigenvalue weighted by Crippen LogP contribution is 2.27. The number of nitrogens with one attached hydrogen (secondary N) is 1. The van der Waals surface area contributed by atoms with E-state index in [4.69, 9.17) is 16.3 Å². The molecule has 0 saturated carbocycles. The summed E-state index contributed by atoms with van der Waals surface area (Å²) in [7, 11) is 1.61. The molecule has 3 aromatic rings. The molecule has 0 spiro atoms. The lowest BCUT2D eigenvalue weighted by Crippen LogP contribution is -2.17. The number of hydrogen-bond acceptors (Lipinski definition) is 4. The highest BCUT2D eigenvalue weighted by atomic mass is 35.5. The highest BCUT2D eigenvalue weighted by Gasteiger charge is 2.09. The number of amides is 1. The zero-order valence-corrected chi connectivity index (χ0v) is 12.5. The number of benzene rings is 2. The fourth-order valence-corrected chi connectivity index (χ4v) is 2.29. The van der Waals surface area contributed by atoms with Crippen molar-refractivity contribution in [3.63, 3.8) is 0 Å². The first-order valence-electron chi connectivity index (χ1n) is 6.58. The van der Waals surface area contributed by atoms with Crippen LogP contribution in [0.15, 0.2) is 48.7 Å². The fourth-order valence-electron chi connectivity index (χ4n) is 2.16. The molecule has 0 aliphatic rings. The molecule has 1 heterocycles. The summed E-state index contributed by atoms with van der Waals surface area (Å²) < 4.78 is 5.66. The summed E-state index contributed by atoms with van der Waals surface area (Å²) >= 11 is 5.73. The van der Waals surface area contributed by atoms with Crippen molar-refractivity contribution in [1.82, 2.24) is 15.3 Å². The number of rotatable bonds is 3. The number of carbonyl (C=O) groups is 1. The molecule has 22 heavy (non-hydrogen) atoms. The summed E-state index contributed by atoms with van der Waals surface area (Å²) in [5.74, 6) is 0.847. The van der Waals surface area contributed by atoms with Gasteiger partial charge in [0, 0.05) is 24.9 Å². The molecule has 2 aromatic carbocycles. The van der Waals surface area contributed by atoms with Crippen molar-refractivity contribution in [3.05, 3.63) is 59.5 Å². The molecule has 0 bridgehead atoms. The Morgan fingerprint density at radius 1 is 1.23 bits per heavy atom. The van der Waals surface area contributed by atoms with Crippen molar-refractivity contribution in [2.24, 2.45) is 0 Å². The van der Waals surface area contributed by atoms with E-state index in [0.29, 0.717) is 17.2 Å². The zero-order chi connectivity index (χ0) is 15.5. The number of carbonyl (C=O) groups excluding carboxylic acids is 1. The van der Waals surface area contributed by atoms with Crippen molar-refractivity contribution < 1.29 is 9.53 Å². The van der Waals surface area contributed by atoms with Crippen molar-refractivity contribution in [1.29, 1.82) is 0 Å². The second-order valence-electron chi connectivity index (χ2n) is 4.53. The van der Waals surface area contributed by atoms with Crippen LogP contribution in [0.5, 0.6) is 11.6 Å². The van der Waals surface area contributed by atoms with E-state index >= 15 is 0 Å². The lowest BCUT2D eigenvalue weighted by molar-refractivity contribution is 0.0964. The summed E-state index contributed by atoms with van der Waals surface area (Å²) in [6.07, 6.45) is 1.52. The molecule has 0 saturated heterocycles. The van der Waals surface area contributed by atoms with Crippen LogP contribution >= 0.6 is 11.6 Å². The number of halogens is 1. The van der Waals surface area contributed by atoms with E-state index in [-0.39, 0.29) is 11.2 Å². The topological polar surface area (TPSA) is 64.1 Å². The van der Waals surface area contributed by atoms with Crippen molar-refractivity contribution in [2.75, 3.05) is 7.05 Å². The lowest BCUT2D eigenvalue weighted by atomic mass is 10.0. The Morgan fingerprint density at radius 3 is 2.86 bits per heavy atom. The Morgan fingerprint density at radius 2 is 2.09 bits per heavy atom. The van der Waals surface area contributed by atoms with Gasteiger partial charge >= 0.3 is 0 Å². The van der Waals surface area contributed by atoms with Crippen LogP contribution in [0.4, 0.5) is 0 Å². The first-order valence-corrected chi connectivity index (χ1v) is 6.96. The molecule has 0 aliphatic heterocycles. The number of aromatic nitrogens is 2. The van der Waals surface area contributed by atoms with Crippen LogP contribution < -0.4 is 10.1 Å². The van der Waals surface area contributed by atoms with E-state index in [2.05, 4.69) is 15.3 Å². The van der Waals surface area contributed by atoms with Crippen LogP contribution in [0.3, 0.4) is 0 Å². The summed E-state index contributed by atoms with van der Waals surface area (Å²) in [4.78, 5) is 19.6. The van der Waals surface area contributed by atoms with Gasteiger partial charge in [-0.25, -0.2) is 4.98 Å². The Kier molecular flexibility index (Phi) is 3.89. The van der Waals surface area contributed by atoms with Crippen molar-refractivity contribution in [3.8, 4) is 11.6 Å². The SMILES string of the molecule is CNC(=O)c1cccc2cc(Oc3ccnc(Cl)n3)ccc12. The standard InChI is InChI=1S/C16H12ClN3O2/c1-18-15(21)13-4-2-3-10-9-11(5-6-12(10)13)22-14-7-8-19-16(17)20-14/h2-9H,1H3,(H,18,21). The molecular weight excluding hydrogens is 302 g/mol. The molecule has 1 N–H and O–H groups in total. The first kappa shape index (κ1) is 14.3. The van der Waals surface area contributed by atoms with E-state index in [1.807, 2.05) is 24.3 Å². The third-order valence-corrected chi connectivity index (χ3v) is 3.33. The van der Waals surface area contributed by atoms with E-state index in [1.165, 1.54) is 6.20 Å². The molecule has 110 valence electrons. The maximum absolute atomic E-state index is 11.9. The largest absolute Gasteiger partial charge is 0.439 e. The lowest BCUT2D eigenvalue weighted by Gasteiger charge is -2.08. The van der Waals surface area contributed by atoms with Gasteiger partial charge in [-0.05, 0) is 46.6 Å². The molecule has 1 amide bonds. The minimum Gasteiger partial charge on any atom is -0.439 e. The van der Waals surface area contributed by atoms with Crippen LogP contribution in [-0.4, -0.2) is 22.9 Å². The minimum atomic E-state index is -0.123. The molecule has 0 fully saturated rings. The van der Waals surface area contributed by atoms with Gasteiger partial charge in [0.2, 0.25) is 11.2 Å². The van der Waals surface area contributed by atoms with Crippen LogP contribution in [0.1, 0.15) is 10.4 Å². The summed E-state index contributed by atoms with van der Waals surface area (Å²) in [5.41, 5.74) is 0.622. The fraction of sp³-hybridized carbons (Fsp3) is 0.0625. The van der Waals surface area contributed by atoms with Crippen LogP contribution in [0.25, 0.3) is 10.8 Å². The van der Waals surface area contributed by atoms with Gasteiger partial charge in [0.15, 0.2) is 0 Å². The number of hydrogen-bond donors (Lipinski definition) is 1. The van der Waals surface area contributed by atoms with Crippen molar-refractivity contribution >= 4 is 28.3 Å². The van der Waals surface area contributed by atoms with Gasteiger partial charge in [-0.3, -0.25) is 4.79 Å². The zero-order valence-electron chi connectivity index (χ0n) is 11.7. The van der Waals surface area contributed by atoms with Crippen LogP contribution in [0, 0.1) is 0 Å². The van der Waals surface area contributed by atoms with E-state index < -0.39 is 0 Å². The summed E-state index contributed by atoms with van der Waals surface area (Å²) in [6, 6.07) is 12.6. The van der Waals surface area contributed by atoms with Gasteiger partial charge in [-0.1, -0.05) is 12.1 Å². The number of nitrogens with zero attached hydrogens (tertiary/aromatic N) is 2. The summed E-state index contributed by atoms with van der Waals surface area (Å²) in [5, 5.41) is 4.52. The maximum atomic E-state index is 11.9. The molecular formula is C16H12ClN3O2. The van der Waals surface area contributed by atoms with Gasteiger partial charge < -0.3 is 10.1 Å². The molecule has 0 atom stereocenters. The molecule has 1 aromatic heterocycles. The first-order chi connectivity index (χ1) is 10.7. The molecule has 6 heteroatoms. The molecule has 3 rings (SSSR count). The molecule has 0 radical (unpaired) electrons. The van der Waals surface area contributed by atoms with Gasteiger partial charge in [-0.2, -0.15) is 4.98 Å². The average molecular weight is 314 g/mol. The van der Waals surface area contributed by atoms with E-state index in [9.17, 15) is 4.79 Å².